The lowest BCUT2D eigenvalue weighted by Crippen LogP contribution is -2.04. The summed E-state index contributed by atoms with van der Waals surface area (Å²) in [6.07, 6.45) is 6.80. The number of hydrogen-bond donors (Lipinski definition) is 0. The number of benzene rings is 1. The van der Waals surface area contributed by atoms with E-state index >= 15 is 0 Å². The number of allylic oxidation sites excluding steroid dienone is 1. The third-order valence-corrected chi connectivity index (χ3v) is 3.97. The van der Waals surface area contributed by atoms with Gasteiger partial charge in [-0.15, -0.1) is 0 Å². The number of hydrogen-bond acceptors (Lipinski definition) is 4. The molecule has 0 amide bonds. The van der Waals surface area contributed by atoms with Crippen molar-refractivity contribution in [3.05, 3.63) is 48.3 Å². The highest BCUT2D eigenvalue weighted by atomic mass is 19.1. The minimum atomic E-state index is -0.869. The molecule has 2 aromatic rings. The molecule has 0 unspecified atom stereocenters. The second kappa shape index (κ2) is 11.2. The SMILES string of the molecule is CCOC(=O)C(F)=CCCCCCCCOc1ccc2ccccc2n1. The van der Waals surface area contributed by atoms with Crippen molar-refractivity contribution in [2.75, 3.05) is 13.2 Å². The van der Waals surface area contributed by atoms with E-state index < -0.39 is 11.8 Å². The quantitative estimate of drug-likeness (QED) is 0.307. The molecule has 0 radical (unpaired) electrons. The Labute approximate surface area is 154 Å². The summed E-state index contributed by atoms with van der Waals surface area (Å²) in [6.45, 7) is 2.49. The Morgan fingerprint density at radius 2 is 1.85 bits per heavy atom. The summed E-state index contributed by atoms with van der Waals surface area (Å²) in [6, 6.07) is 11.9. The molecule has 26 heavy (non-hydrogen) atoms. The van der Waals surface area contributed by atoms with E-state index in [9.17, 15) is 9.18 Å². The molecule has 1 aromatic carbocycles. The number of carbonyl (C=O) groups excluding carboxylic acids is 1. The third-order valence-electron chi connectivity index (χ3n) is 3.97. The molecule has 0 aliphatic heterocycles. The Hall–Kier alpha value is -2.43. The van der Waals surface area contributed by atoms with Crippen LogP contribution in [0.25, 0.3) is 10.9 Å². The van der Waals surface area contributed by atoms with E-state index in [-0.39, 0.29) is 6.61 Å². The maximum absolute atomic E-state index is 13.3. The van der Waals surface area contributed by atoms with Gasteiger partial charge >= 0.3 is 5.97 Å². The van der Waals surface area contributed by atoms with Gasteiger partial charge in [0.1, 0.15) is 0 Å². The van der Waals surface area contributed by atoms with Crippen molar-refractivity contribution < 1.29 is 18.7 Å². The van der Waals surface area contributed by atoms with Gasteiger partial charge in [0.2, 0.25) is 11.7 Å². The van der Waals surface area contributed by atoms with Crippen LogP contribution in [0.1, 0.15) is 45.4 Å². The van der Waals surface area contributed by atoms with Gasteiger partial charge < -0.3 is 9.47 Å². The first-order valence-corrected chi connectivity index (χ1v) is 9.22. The predicted octanol–water partition coefficient (Wildman–Crippen LogP) is 5.37. The number of ether oxygens (including phenoxy) is 2. The molecule has 2 rings (SSSR count). The molecule has 0 aliphatic carbocycles. The van der Waals surface area contributed by atoms with E-state index in [1.54, 1.807) is 6.92 Å². The van der Waals surface area contributed by atoms with Crippen molar-refractivity contribution in [2.45, 2.75) is 45.4 Å². The number of para-hydroxylation sites is 1. The van der Waals surface area contributed by atoms with Crippen molar-refractivity contribution in [1.29, 1.82) is 0 Å². The van der Waals surface area contributed by atoms with Gasteiger partial charge in [0, 0.05) is 11.5 Å². The summed E-state index contributed by atoms with van der Waals surface area (Å²) < 4.78 is 23.6. The molecule has 5 heteroatoms. The number of pyridine rings is 1. The highest BCUT2D eigenvalue weighted by Crippen LogP contribution is 2.16. The monoisotopic (exact) mass is 359 g/mol. The zero-order chi connectivity index (χ0) is 18.6. The van der Waals surface area contributed by atoms with E-state index in [1.807, 2.05) is 36.4 Å². The molecule has 0 fully saturated rings. The van der Waals surface area contributed by atoms with Crippen LogP contribution in [-0.4, -0.2) is 24.2 Å². The number of halogens is 1. The Bertz CT molecular complexity index is 730. The van der Waals surface area contributed by atoms with Crippen LogP contribution in [0.5, 0.6) is 5.88 Å². The van der Waals surface area contributed by atoms with Gasteiger partial charge in [0.25, 0.3) is 0 Å². The summed E-state index contributed by atoms with van der Waals surface area (Å²) in [5.74, 6) is -1.00. The number of aromatic nitrogens is 1. The maximum Gasteiger partial charge on any atom is 0.366 e. The molecule has 0 saturated heterocycles. The zero-order valence-electron chi connectivity index (χ0n) is 15.2. The number of carbonyl (C=O) groups is 1. The first-order valence-electron chi connectivity index (χ1n) is 9.22. The van der Waals surface area contributed by atoms with E-state index in [0.717, 1.165) is 43.0 Å². The molecule has 1 heterocycles. The van der Waals surface area contributed by atoms with E-state index in [2.05, 4.69) is 9.72 Å². The van der Waals surface area contributed by atoms with Crippen LogP contribution in [0.3, 0.4) is 0 Å². The number of unbranched alkanes of at least 4 members (excludes halogenated alkanes) is 5. The smallest absolute Gasteiger partial charge is 0.366 e. The van der Waals surface area contributed by atoms with Gasteiger partial charge in [-0.1, -0.05) is 37.5 Å². The van der Waals surface area contributed by atoms with Gasteiger partial charge in [0.05, 0.1) is 18.7 Å². The summed E-state index contributed by atoms with van der Waals surface area (Å²) in [7, 11) is 0. The van der Waals surface area contributed by atoms with Crippen molar-refractivity contribution in [3.63, 3.8) is 0 Å². The maximum atomic E-state index is 13.3. The number of rotatable bonds is 11. The Morgan fingerprint density at radius 1 is 1.08 bits per heavy atom. The van der Waals surface area contributed by atoms with Crippen LogP contribution in [0.15, 0.2) is 48.3 Å². The van der Waals surface area contributed by atoms with Crippen LogP contribution in [-0.2, 0) is 9.53 Å². The highest BCUT2D eigenvalue weighted by Gasteiger charge is 2.07. The van der Waals surface area contributed by atoms with E-state index in [1.165, 1.54) is 6.08 Å². The van der Waals surface area contributed by atoms with Gasteiger partial charge in [-0.25, -0.2) is 9.78 Å². The lowest BCUT2D eigenvalue weighted by atomic mass is 10.1. The third kappa shape index (κ3) is 6.82. The minimum Gasteiger partial charge on any atom is -0.478 e. The summed E-state index contributed by atoms with van der Waals surface area (Å²) in [4.78, 5) is 15.6. The first-order chi connectivity index (χ1) is 12.7. The molecule has 0 bridgehead atoms. The molecule has 140 valence electrons. The fourth-order valence-electron chi connectivity index (χ4n) is 2.59. The second-order valence-corrected chi connectivity index (χ2v) is 6.02. The normalized spacial score (nSPS) is 11.5. The number of fused-ring (bicyclic) bond motifs is 1. The summed E-state index contributed by atoms with van der Waals surface area (Å²) >= 11 is 0. The Morgan fingerprint density at radius 3 is 2.69 bits per heavy atom. The fourth-order valence-corrected chi connectivity index (χ4v) is 2.59. The van der Waals surface area contributed by atoms with Gasteiger partial charge in [-0.05, 0) is 44.4 Å². The second-order valence-electron chi connectivity index (χ2n) is 6.02. The van der Waals surface area contributed by atoms with E-state index in [4.69, 9.17) is 4.74 Å². The van der Waals surface area contributed by atoms with Crippen LogP contribution in [0.4, 0.5) is 4.39 Å². The molecule has 0 N–H and O–H groups in total. The number of esters is 1. The van der Waals surface area contributed by atoms with E-state index in [0.29, 0.717) is 18.9 Å². The minimum absolute atomic E-state index is 0.191. The van der Waals surface area contributed by atoms with Crippen LogP contribution in [0, 0.1) is 0 Å². The van der Waals surface area contributed by atoms with Gasteiger partial charge in [-0.2, -0.15) is 4.39 Å². The van der Waals surface area contributed by atoms with Crippen LogP contribution < -0.4 is 4.74 Å². The Balaban J connectivity index is 1.54. The average Bonchev–Trinajstić information content (AvgIpc) is 2.66. The summed E-state index contributed by atoms with van der Waals surface area (Å²) in [5, 5.41) is 1.10. The van der Waals surface area contributed by atoms with Crippen LogP contribution >= 0.6 is 0 Å². The first kappa shape index (κ1) is 19.9. The molecule has 0 atom stereocenters. The lowest BCUT2D eigenvalue weighted by Gasteiger charge is -2.06. The lowest BCUT2D eigenvalue weighted by molar-refractivity contribution is -0.140. The van der Waals surface area contributed by atoms with Crippen LogP contribution in [0.2, 0.25) is 0 Å². The molecular formula is C21H26FNO3. The number of nitrogens with zero attached hydrogens (tertiary/aromatic N) is 1. The largest absolute Gasteiger partial charge is 0.478 e. The van der Waals surface area contributed by atoms with Gasteiger partial charge in [-0.3, -0.25) is 0 Å². The highest BCUT2D eigenvalue weighted by molar-refractivity contribution is 5.85. The topological polar surface area (TPSA) is 48.4 Å². The van der Waals surface area contributed by atoms with Crippen molar-refractivity contribution >= 4 is 16.9 Å². The summed E-state index contributed by atoms with van der Waals surface area (Å²) in [5.41, 5.74) is 0.938. The molecule has 0 saturated carbocycles. The van der Waals surface area contributed by atoms with Crippen molar-refractivity contribution in [2.24, 2.45) is 0 Å². The average molecular weight is 359 g/mol. The standard InChI is InChI=1S/C21H26FNO3/c1-2-25-21(24)18(22)12-7-5-3-4-6-10-16-26-20-15-14-17-11-8-9-13-19(17)23-20/h8-9,11-15H,2-7,10,16H2,1H3. The van der Waals surface area contributed by atoms with Crippen molar-refractivity contribution in [1.82, 2.24) is 4.98 Å². The molecule has 4 nitrogen and oxygen atoms in total. The molecular weight excluding hydrogens is 333 g/mol. The van der Waals surface area contributed by atoms with Crippen molar-refractivity contribution in [3.8, 4) is 5.88 Å². The molecule has 0 spiro atoms. The zero-order valence-corrected chi connectivity index (χ0v) is 15.2. The fraction of sp³-hybridized carbons (Fsp3) is 0.429. The predicted molar refractivity (Wildman–Crippen MR) is 101 cm³/mol. The molecule has 0 aliphatic rings. The van der Waals surface area contributed by atoms with Gasteiger partial charge in [0.15, 0.2) is 0 Å². The Kier molecular flexibility index (Phi) is 8.60. The molecule has 1 aromatic heterocycles.